The Hall–Kier alpha value is -0.449. The Morgan fingerprint density at radius 2 is 1.62 bits per heavy atom. The summed E-state index contributed by atoms with van der Waals surface area (Å²) in [7, 11) is -5.22. The highest BCUT2D eigenvalue weighted by molar-refractivity contribution is 6.84. The molecule has 2 atom stereocenters. The van der Waals surface area contributed by atoms with Crippen molar-refractivity contribution >= 4 is 33.0 Å². The van der Waals surface area contributed by atoms with E-state index >= 15 is 0 Å². The Labute approximate surface area is 101 Å². The molecule has 7 heteroatoms. The van der Waals surface area contributed by atoms with E-state index in [2.05, 4.69) is 24.6 Å². The molecule has 1 aliphatic heterocycles. The van der Waals surface area contributed by atoms with Gasteiger partial charge in [-0.2, -0.15) is 0 Å². The van der Waals surface area contributed by atoms with Crippen LogP contribution in [-0.4, -0.2) is 27.3 Å². The van der Waals surface area contributed by atoms with Crippen molar-refractivity contribution in [3.8, 4) is 0 Å². The van der Waals surface area contributed by atoms with E-state index in [0.717, 1.165) is 5.69 Å². The molecule has 1 saturated heterocycles. The molecule has 0 bridgehead atoms. The summed E-state index contributed by atoms with van der Waals surface area (Å²) in [6.45, 7) is 6.17. The summed E-state index contributed by atoms with van der Waals surface area (Å²) >= 11 is 0. The summed E-state index contributed by atoms with van der Waals surface area (Å²) in [5.74, 6) is 0. The van der Waals surface area contributed by atoms with Crippen LogP contribution in [0.3, 0.4) is 0 Å². The van der Waals surface area contributed by atoms with Crippen molar-refractivity contribution < 1.29 is 12.3 Å². The molecule has 1 heterocycles. The molecule has 0 saturated carbocycles. The van der Waals surface area contributed by atoms with Gasteiger partial charge in [0.2, 0.25) is 0 Å². The van der Waals surface area contributed by atoms with Gasteiger partial charge >= 0.3 is 27.3 Å². The van der Waals surface area contributed by atoms with Gasteiger partial charge in [0.25, 0.3) is 0 Å². The third-order valence-corrected chi connectivity index (χ3v) is 12.4. The van der Waals surface area contributed by atoms with Gasteiger partial charge in [0, 0.05) is 5.69 Å². The van der Waals surface area contributed by atoms with Gasteiger partial charge in [-0.3, -0.25) is 0 Å². The van der Waals surface area contributed by atoms with Gasteiger partial charge in [0.15, 0.2) is 0 Å². The molecule has 0 aliphatic carbocycles. The van der Waals surface area contributed by atoms with Gasteiger partial charge in [0.1, 0.15) is 0 Å². The zero-order valence-electron chi connectivity index (χ0n) is 9.77. The molecule has 0 aromatic heterocycles. The van der Waals surface area contributed by atoms with Crippen molar-refractivity contribution in [3.63, 3.8) is 0 Å². The topological polar surface area (TPSA) is 39.7 Å². The maximum atomic E-state index is 5.91. The minimum Gasteiger partial charge on any atom is -0.420 e. The molecule has 1 N–H and O–H groups in total. The zero-order chi connectivity index (χ0) is 11.6. The molecule has 16 heavy (non-hydrogen) atoms. The quantitative estimate of drug-likeness (QED) is 0.826. The fraction of sp³-hybridized carbons (Fsp3) is 0.333. The summed E-state index contributed by atoms with van der Waals surface area (Å²) in [5.41, 5.74) is 1.06. The van der Waals surface area contributed by atoms with E-state index in [1.807, 2.05) is 30.3 Å². The molecule has 1 aliphatic rings. The molecule has 0 radical (unpaired) electrons. The minimum absolute atomic E-state index is 1.06. The number of hydrogen-bond donors (Lipinski definition) is 1. The Balaban J connectivity index is 2.07. The van der Waals surface area contributed by atoms with Crippen molar-refractivity contribution in [1.29, 1.82) is 0 Å². The minimum atomic E-state index is -2.26. The molecule has 1 fully saturated rings. The highest BCUT2D eigenvalue weighted by Gasteiger charge is 2.42. The van der Waals surface area contributed by atoms with E-state index in [9.17, 15) is 0 Å². The molecule has 0 amide bonds. The smallest absolute Gasteiger partial charge is 0.420 e. The fourth-order valence-corrected chi connectivity index (χ4v) is 12.4. The summed E-state index contributed by atoms with van der Waals surface area (Å²) in [5, 5.41) is 0. The highest BCUT2D eigenvalue weighted by Crippen LogP contribution is 2.20. The third-order valence-electron chi connectivity index (χ3n) is 2.31. The third kappa shape index (κ3) is 3.03. The van der Waals surface area contributed by atoms with Gasteiger partial charge in [-0.15, -0.1) is 0 Å². The number of para-hydroxylation sites is 1. The van der Waals surface area contributed by atoms with Crippen LogP contribution in [0.4, 0.5) is 5.69 Å². The van der Waals surface area contributed by atoms with Gasteiger partial charge in [-0.1, -0.05) is 18.2 Å². The van der Waals surface area contributed by atoms with Crippen LogP contribution in [0, 0.1) is 0 Å². The van der Waals surface area contributed by atoms with Crippen LogP contribution in [0.25, 0.3) is 0 Å². The fourth-order valence-electron chi connectivity index (χ4n) is 1.83. The first-order chi connectivity index (χ1) is 7.57. The standard InChI is InChI=1S/C9H17NO3Si3/c1-14-11-15(2)13-16(3,12-14)10-9-7-5-4-6-8-9/h4-8,10,14-15H,1-3H3. The number of rotatable bonds is 2. The van der Waals surface area contributed by atoms with Gasteiger partial charge < -0.3 is 17.3 Å². The van der Waals surface area contributed by atoms with E-state index in [-0.39, 0.29) is 0 Å². The monoisotopic (exact) mass is 271 g/mol. The van der Waals surface area contributed by atoms with Crippen LogP contribution in [-0.2, 0) is 12.3 Å². The molecule has 1 aromatic rings. The molecular weight excluding hydrogens is 254 g/mol. The van der Waals surface area contributed by atoms with Crippen LogP contribution in [0.1, 0.15) is 0 Å². The first-order valence-electron chi connectivity index (χ1n) is 5.42. The van der Waals surface area contributed by atoms with Crippen LogP contribution >= 0.6 is 0 Å². The summed E-state index contributed by atoms with van der Waals surface area (Å²) in [6.07, 6.45) is 0. The molecule has 1 aromatic carbocycles. The summed E-state index contributed by atoms with van der Waals surface area (Å²) < 4.78 is 17.5. The molecule has 88 valence electrons. The summed E-state index contributed by atoms with van der Waals surface area (Å²) in [4.78, 5) is 3.40. The number of anilines is 1. The van der Waals surface area contributed by atoms with Crippen molar-refractivity contribution in [2.45, 2.75) is 19.6 Å². The normalized spacial score (nSPS) is 34.7. The lowest BCUT2D eigenvalue weighted by Crippen LogP contribution is -2.59. The number of benzene rings is 1. The van der Waals surface area contributed by atoms with Gasteiger partial charge in [-0.05, 0) is 31.8 Å². The SMILES string of the molecule is C[SiH]1O[SiH](C)O[Si](C)(Nc2ccccc2)O1. The lowest BCUT2D eigenvalue weighted by atomic mass is 10.3. The molecule has 0 spiro atoms. The first-order valence-corrected chi connectivity index (χ1v) is 11.9. The second kappa shape index (κ2) is 4.82. The maximum Gasteiger partial charge on any atom is 0.435 e. The van der Waals surface area contributed by atoms with Gasteiger partial charge in [0.05, 0.1) is 0 Å². The Kier molecular flexibility index (Phi) is 3.62. The Bertz CT molecular complexity index is 341. The number of nitrogens with one attached hydrogen (secondary N) is 1. The molecule has 4 nitrogen and oxygen atoms in total. The summed E-state index contributed by atoms with van der Waals surface area (Å²) in [6, 6.07) is 10.1. The lowest BCUT2D eigenvalue weighted by Gasteiger charge is -2.38. The highest BCUT2D eigenvalue weighted by atomic mass is 28.5. The van der Waals surface area contributed by atoms with Crippen molar-refractivity contribution in [1.82, 2.24) is 0 Å². The van der Waals surface area contributed by atoms with Crippen LogP contribution < -0.4 is 4.98 Å². The van der Waals surface area contributed by atoms with Crippen molar-refractivity contribution in [2.75, 3.05) is 4.98 Å². The van der Waals surface area contributed by atoms with Crippen molar-refractivity contribution in [3.05, 3.63) is 30.3 Å². The van der Waals surface area contributed by atoms with Crippen LogP contribution in [0.5, 0.6) is 0 Å². The molecular formula is C9H17NO3Si3. The van der Waals surface area contributed by atoms with Gasteiger partial charge in [-0.25, -0.2) is 0 Å². The maximum absolute atomic E-state index is 5.91. The van der Waals surface area contributed by atoms with Crippen LogP contribution in [0.15, 0.2) is 30.3 Å². The Morgan fingerprint density at radius 3 is 2.19 bits per heavy atom. The van der Waals surface area contributed by atoms with E-state index in [1.165, 1.54) is 0 Å². The van der Waals surface area contributed by atoms with E-state index in [0.29, 0.717) is 0 Å². The van der Waals surface area contributed by atoms with E-state index < -0.39 is 27.3 Å². The Morgan fingerprint density at radius 1 is 1.06 bits per heavy atom. The first kappa shape index (κ1) is 12.0. The van der Waals surface area contributed by atoms with E-state index in [1.54, 1.807) is 0 Å². The predicted molar refractivity (Wildman–Crippen MR) is 71.0 cm³/mol. The second-order valence-electron chi connectivity index (χ2n) is 3.94. The van der Waals surface area contributed by atoms with Crippen LogP contribution in [0.2, 0.25) is 19.6 Å². The largest absolute Gasteiger partial charge is 0.435 e. The lowest BCUT2D eigenvalue weighted by molar-refractivity contribution is 0.274. The zero-order valence-corrected chi connectivity index (χ0v) is 13.1. The average Bonchev–Trinajstić information content (AvgIpc) is 2.15. The second-order valence-corrected chi connectivity index (χ2v) is 11.3. The molecule has 2 unspecified atom stereocenters. The molecule has 2 rings (SSSR count). The number of hydrogen-bond acceptors (Lipinski definition) is 4. The van der Waals surface area contributed by atoms with E-state index in [4.69, 9.17) is 12.3 Å². The van der Waals surface area contributed by atoms with Crippen molar-refractivity contribution in [2.24, 2.45) is 0 Å². The predicted octanol–water partition coefficient (Wildman–Crippen LogP) is 1.43. The average molecular weight is 271 g/mol.